The smallest absolute Gasteiger partial charge is 0.222 e. The first-order valence-electron chi connectivity index (χ1n) is 37.1. The van der Waals surface area contributed by atoms with Crippen molar-refractivity contribution in [2.24, 2.45) is 0 Å². The predicted octanol–water partition coefficient (Wildman–Crippen LogP) is -3.39. The van der Waals surface area contributed by atoms with Gasteiger partial charge in [0, 0.05) is 110 Å². The van der Waals surface area contributed by atoms with Gasteiger partial charge in [-0.25, -0.2) is 0 Å². The lowest BCUT2D eigenvalue weighted by Gasteiger charge is -2.39. The highest BCUT2D eigenvalue weighted by Gasteiger charge is 2.46. The van der Waals surface area contributed by atoms with Crippen molar-refractivity contribution in [3.63, 3.8) is 0 Å². The van der Waals surface area contributed by atoms with E-state index in [4.69, 9.17) is 42.6 Å². The second kappa shape index (κ2) is 55.7. The summed E-state index contributed by atoms with van der Waals surface area (Å²) in [4.78, 5) is 102. The number of ketones is 2. The summed E-state index contributed by atoms with van der Waals surface area (Å²) >= 11 is 0. The molecule has 35 heteroatoms. The minimum atomic E-state index is -1.57. The van der Waals surface area contributed by atoms with Crippen molar-refractivity contribution in [1.29, 1.82) is 0 Å². The molecule has 0 aromatic heterocycles. The van der Waals surface area contributed by atoms with E-state index in [9.17, 15) is 99.6 Å². The van der Waals surface area contributed by atoms with Crippen LogP contribution < -0.4 is 31.9 Å². The molecule has 3 fully saturated rings. The zero-order chi connectivity index (χ0) is 76.5. The van der Waals surface area contributed by atoms with Gasteiger partial charge in [0.25, 0.3) is 0 Å². The maximum absolute atomic E-state index is 13.8. The number of carbonyl (C=O) groups excluding carboxylic acids is 8. The number of ether oxygens (including phenoxy) is 9. The van der Waals surface area contributed by atoms with Crippen LogP contribution in [0.1, 0.15) is 180 Å². The second-order valence-electron chi connectivity index (χ2n) is 26.8. The van der Waals surface area contributed by atoms with Gasteiger partial charge in [0.2, 0.25) is 35.4 Å². The van der Waals surface area contributed by atoms with Crippen molar-refractivity contribution >= 4 is 47.0 Å². The Bertz CT molecular complexity index is 2170. The third kappa shape index (κ3) is 39.4. The second-order valence-corrected chi connectivity index (χ2v) is 26.8. The zero-order valence-electron chi connectivity index (χ0n) is 60.6. The lowest BCUT2D eigenvalue weighted by molar-refractivity contribution is -0.301. The van der Waals surface area contributed by atoms with E-state index >= 15 is 0 Å². The summed E-state index contributed by atoms with van der Waals surface area (Å²) in [5, 5.41) is 135. The molecule has 3 aliphatic rings. The first kappa shape index (κ1) is 93.5. The number of carbonyl (C=O) groups is 8. The third-order valence-corrected chi connectivity index (χ3v) is 17.7. The van der Waals surface area contributed by atoms with Crippen molar-refractivity contribution in [3.8, 4) is 0 Å². The average molecular weight is 1500 g/mol. The molecule has 6 unspecified atom stereocenters. The maximum atomic E-state index is 13.8. The van der Waals surface area contributed by atoms with Gasteiger partial charge in [-0.15, -0.1) is 0 Å². The van der Waals surface area contributed by atoms with Crippen molar-refractivity contribution in [3.05, 3.63) is 0 Å². The summed E-state index contributed by atoms with van der Waals surface area (Å²) in [6, 6.07) is 0. The fourth-order valence-electron chi connectivity index (χ4n) is 11.4. The molecule has 0 aromatic rings. The molecule has 6 amide bonds. The molecule has 18 N–H and O–H groups in total. The number of amides is 6. The number of nitrogens with one attached hydrogen (secondary N) is 6. The Morgan fingerprint density at radius 1 is 0.308 bits per heavy atom. The Hall–Kier alpha value is -4.68. The van der Waals surface area contributed by atoms with Crippen molar-refractivity contribution in [2.45, 2.75) is 278 Å². The number of hydrogen-bond acceptors (Lipinski definition) is 29. The molecule has 15 atom stereocenters. The monoisotopic (exact) mass is 1500 g/mol. The van der Waals surface area contributed by atoms with Crippen LogP contribution in [0.15, 0.2) is 0 Å². The van der Waals surface area contributed by atoms with Crippen LogP contribution in [0.2, 0.25) is 0 Å². The van der Waals surface area contributed by atoms with E-state index < -0.39 is 117 Å². The number of Topliss-reactive ketones (excluding diaryl/α,β-unsaturated/α-hetero) is 2. The lowest BCUT2D eigenvalue weighted by Crippen LogP contribution is -2.59. The van der Waals surface area contributed by atoms with Crippen LogP contribution in [0, 0.1) is 0 Å². The Morgan fingerprint density at radius 2 is 0.587 bits per heavy atom. The fourth-order valence-corrected chi connectivity index (χ4v) is 11.4. The summed E-state index contributed by atoms with van der Waals surface area (Å²) in [5.74, 6) is -1.67. The van der Waals surface area contributed by atoms with Gasteiger partial charge in [0.15, 0.2) is 18.9 Å². The van der Waals surface area contributed by atoms with E-state index in [0.717, 1.165) is 44.9 Å². The summed E-state index contributed by atoms with van der Waals surface area (Å²) < 4.78 is 50.6. The standard InChI is InChI=1S/C69H124N6O29/c1-46(79)20-8-6-4-2-3-5-7-9-25-56(86)75-69(43-96-37-26-53(83)70-29-14-10-21-47(80)22-11-15-34-99-66-63(93)60(90)57(87)48(40-76)102-66,44-97-38-27-54(84)73-32-18-30-71-51(81)23-12-16-35-100-67-64(94)61(91)58(88)49(41-77)103-67)45-98-39-28-55(85)74-33-19-31-72-52(82)24-13-17-36-101-68-65(95)62(92)59(89)50(42-78)104-68/h48-50,57-68,76-78,87-95H,2-45H2,1H3,(H,70,83)(H,71,81)(H,72,82)(H,73,84)(H,74,85)(H,75,86)/t48?,49?,50?,57-,58-,59-,60+,61+,62+,63?,64?,65?,66-,67-,68-,69?/m1/s1. The van der Waals surface area contributed by atoms with E-state index in [1.807, 2.05) is 0 Å². The molecule has 3 saturated heterocycles. The molecule has 35 nitrogen and oxygen atoms in total. The number of rotatable bonds is 61. The lowest BCUT2D eigenvalue weighted by atomic mass is 9.99. The Labute approximate surface area is 609 Å². The molecule has 3 heterocycles. The largest absolute Gasteiger partial charge is 0.394 e. The quantitative estimate of drug-likeness (QED) is 0.0264. The van der Waals surface area contributed by atoms with Crippen LogP contribution in [-0.2, 0) is 81.0 Å². The van der Waals surface area contributed by atoms with Gasteiger partial charge in [0.05, 0.1) is 59.5 Å². The van der Waals surface area contributed by atoms with E-state index in [0.29, 0.717) is 77.0 Å². The van der Waals surface area contributed by atoms with Crippen molar-refractivity contribution in [2.75, 3.05) is 112 Å². The number of hydrogen-bond donors (Lipinski definition) is 18. The molecular weight excluding hydrogens is 1380 g/mol. The Balaban J connectivity index is 1.51. The minimum Gasteiger partial charge on any atom is -0.394 e. The molecule has 0 radical (unpaired) electrons. The maximum Gasteiger partial charge on any atom is 0.222 e. The van der Waals surface area contributed by atoms with Crippen molar-refractivity contribution in [1.82, 2.24) is 31.9 Å². The highest BCUT2D eigenvalue weighted by molar-refractivity contribution is 5.79. The van der Waals surface area contributed by atoms with E-state index in [-0.39, 0.29) is 191 Å². The van der Waals surface area contributed by atoms with E-state index in [2.05, 4.69) is 31.9 Å². The van der Waals surface area contributed by atoms with Crippen LogP contribution in [-0.4, -0.2) is 318 Å². The topological polar surface area (TPSA) is 535 Å². The summed E-state index contributed by atoms with van der Waals surface area (Å²) in [6.45, 7) is 0.419. The van der Waals surface area contributed by atoms with Gasteiger partial charge in [-0.05, 0) is 84.0 Å². The zero-order valence-corrected chi connectivity index (χ0v) is 60.6. The average Bonchev–Trinajstić information content (AvgIpc) is 0.839. The number of aliphatic hydroxyl groups is 12. The highest BCUT2D eigenvalue weighted by atomic mass is 16.7. The van der Waals surface area contributed by atoms with Crippen LogP contribution in [0.3, 0.4) is 0 Å². The Kier molecular flexibility index (Phi) is 50.1. The molecular formula is C69H124N6O29. The molecule has 0 aromatic carbocycles. The van der Waals surface area contributed by atoms with E-state index in [1.54, 1.807) is 6.92 Å². The molecule has 0 bridgehead atoms. The van der Waals surface area contributed by atoms with Crippen molar-refractivity contribution < 1.29 is 142 Å². The molecule has 104 heavy (non-hydrogen) atoms. The van der Waals surface area contributed by atoms with Gasteiger partial charge in [-0.1, -0.05) is 38.5 Å². The van der Waals surface area contributed by atoms with Crippen LogP contribution in [0.25, 0.3) is 0 Å². The van der Waals surface area contributed by atoms with Gasteiger partial charge >= 0.3 is 0 Å². The summed E-state index contributed by atoms with van der Waals surface area (Å²) in [6.07, 6.45) is -8.04. The van der Waals surface area contributed by atoms with Gasteiger partial charge in [-0.2, -0.15) is 0 Å². The summed E-state index contributed by atoms with van der Waals surface area (Å²) in [5.41, 5.74) is -1.38. The molecule has 3 rings (SSSR count). The molecule has 604 valence electrons. The van der Waals surface area contributed by atoms with Crippen LogP contribution >= 0.6 is 0 Å². The molecule has 0 saturated carbocycles. The normalized spacial score (nSPS) is 25.3. The van der Waals surface area contributed by atoms with Gasteiger partial charge in [-0.3, -0.25) is 33.6 Å². The molecule has 0 aliphatic carbocycles. The first-order chi connectivity index (χ1) is 50.0. The minimum absolute atomic E-state index is 0.00922. The third-order valence-electron chi connectivity index (χ3n) is 17.7. The molecule has 3 aliphatic heterocycles. The van der Waals surface area contributed by atoms with Crippen LogP contribution in [0.4, 0.5) is 0 Å². The number of unbranched alkanes of at least 4 members (excludes halogenated alkanes) is 11. The van der Waals surface area contributed by atoms with Gasteiger partial charge in [0.1, 0.15) is 90.4 Å². The highest BCUT2D eigenvalue weighted by Crippen LogP contribution is 2.26. The SMILES string of the molecule is CC(=O)CCCCCCCCCCC(=O)NC(COCCC(=O)NCCCCC(=O)CCCCO[C@@H]1OC(CO)[C@@H](O)[C@H](O)C1O)(COCCC(=O)NCCCNC(=O)CCCCO[C@@H]1OC(CO)[C@@H](O)[C@H](O)C1O)COCCC(=O)NCCCNC(=O)CCCCO[C@@H]1OC(CO)[C@@H](O)[C@H](O)C1O. The Morgan fingerprint density at radius 3 is 0.923 bits per heavy atom. The summed E-state index contributed by atoms with van der Waals surface area (Å²) in [7, 11) is 0. The van der Waals surface area contributed by atoms with E-state index in [1.165, 1.54) is 0 Å². The van der Waals surface area contributed by atoms with Crippen LogP contribution in [0.5, 0.6) is 0 Å². The predicted molar refractivity (Wildman–Crippen MR) is 368 cm³/mol. The first-order valence-corrected chi connectivity index (χ1v) is 37.1. The number of aliphatic hydroxyl groups excluding tert-OH is 12. The fraction of sp³-hybridized carbons (Fsp3) is 0.884. The molecule has 0 spiro atoms. The van der Waals surface area contributed by atoms with Gasteiger partial charge < -0.3 is 141 Å².